The smallest absolute Gasteiger partial charge is 0.328 e. The number of nitrogens with zero attached hydrogens (tertiary/aromatic N) is 1. The molecule has 1 aliphatic heterocycles. The third-order valence-electron chi connectivity index (χ3n) is 6.78. The Hall–Kier alpha value is -3.91. The zero-order chi connectivity index (χ0) is 27.8. The molecule has 8 heteroatoms. The molecule has 0 saturated carbocycles. The van der Waals surface area contributed by atoms with Crippen molar-refractivity contribution in [3.05, 3.63) is 94.1 Å². The first-order valence-corrected chi connectivity index (χ1v) is 12.3. The molecule has 2 unspecified atom stereocenters. The first kappa shape index (κ1) is 27.1. The van der Waals surface area contributed by atoms with Gasteiger partial charge < -0.3 is 16.2 Å². The van der Waals surface area contributed by atoms with Crippen molar-refractivity contribution in [1.29, 1.82) is 5.41 Å². The molecule has 0 radical (unpaired) electrons. The Kier molecular flexibility index (Phi) is 7.47. The summed E-state index contributed by atoms with van der Waals surface area (Å²) in [4.78, 5) is 12.6. The SMILES string of the molecule is CC1Cc2cc(-c3ccc(N)c(C=N)c3)ccc2C(c2c(F)cc(/C=C/C(=O)O)cc2F)N1CC(C)(C)F. The van der Waals surface area contributed by atoms with Gasteiger partial charge in [-0.15, -0.1) is 0 Å². The molecule has 1 heterocycles. The van der Waals surface area contributed by atoms with Crippen LogP contribution in [0.15, 0.2) is 54.6 Å². The van der Waals surface area contributed by atoms with Crippen LogP contribution in [0.2, 0.25) is 0 Å². The number of nitrogen functional groups attached to an aromatic ring is 1. The number of carbonyl (C=O) groups is 1. The normalized spacial score (nSPS) is 17.9. The first-order valence-electron chi connectivity index (χ1n) is 12.3. The topological polar surface area (TPSA) is 90.4 Å². The number of halogens is 3. The summed E-state index contributed by atoms with van der Waals surface area (Å²) in [6, 6.07) is 12.1. The monoisotopic (exact) mass is 521 g/mol. The first-order chi connectivity index (χ1) is 17.9. The standard InChI is InChI=1S/C30H30F3N3O2/c1-17-10-21-13-19(20-6-8-26(35)22(14-20)15-34)5-7-23(21)29(36(17)16-30(2,3)33)28-24(31)11-18(12-25(28)32)4-9-27(37)38/h4-9,11-15,17,29,34H,10,16,35H2,1-3H3,(H,37,38)/b9-4+,34-15?. The second-order valence-electron chi connectivity index (χ2n) is 10.3. The fraction of sp³-hybridized carbons (Fsp3) is 0.267. The van der Waals surface area contributed by atoms with Gasteiger partial charge in [-0.25, -0.2) is 18.0 Å². The molecule has 0 spiro atoms. The van der Waals surface area contributed by atoms with Crippen molar-refractivity contribution in [1.82, 2.24) is 4.90 Å². The Bertz CT molecular complexity index is 1410. The van der Waals surface area contributed by atoms with Gasteiger partial charge in [-0.1, -0.05) is 24.3 Å². The Morgan fingerprint density at radius 2 is 1.76 bits per heavy atom. The molecule has 0 fully saturated rings. The van der Waals surface area contributed by atoms with E-state index in [9.17, 15) is 9.18 Å². The third kappa shape index (κ3) is 5.65. The maximum Gasteiger partial charge on any atom is 0.328 e. The van der Waals surface area contributed by atoms with E-state index in [1.54, 1.807) is 11.0 Å². The number of nitrogens with one attached hydrogen (secondary N) is 1. The molecule has 38 heavy (non-hydrogen) atoms. The van der Waals surface area contributed by atoms with E-state index >= 15 is 8.78 Å². The highest BCUT2D eigenvalue weighted by Crippen LogP contribution is 2.42. The highest BCUT2D eigenvalue weighted by atomic mass is 19.1. The van der Waals surface area contributed by atoms with E-state index in [0.717, 1.165) is 41.0 Å². The molecule has 0 saturated heterocycles. The lowest BCUT2D eigenvalue weighted by Crippen LogP contribution is -2.48. The minimum atomic E-state index is -1.62. The van der Waals surface area contributed by atoms with E-state index in [0.29, 0.717) is 23.2 Å². The third-order valence-corrected chi connectivity index (χ3v) is 6.78. The lowest BCUT2D eigenvalue weighted by atomic mass is 9.82. The summed E-state index contributed by atoms with van der Waals surface area (Å²) in [6.45, 7) is 4.73. The number of alkyl halides is 1. The summed E-state index contributed by atoms with van der Waals surface area (Å²) in [5, 5.41) is 16.5. The van der Waals surface area contributed by atoms with E-state index in [-0.39, 0.29) is 23.7 Å². The lowest BCUT2D eigenvalue weighted by molar-refractivity contribution is -0.131. The van der Waals surface area contributed by atoms with Crippen molar-refractivity contribution in [2.75, 3.05) is 12.3 Å². The lowest BCUT2D eigenvalue weighted by Gasteiger charge is -2.44. The van der Waals surface area contributed by atoms with Gasteiger partial charge in [-0.3, -0.25) is 4.90 Å². The van der Waals surface area contributed by atoms with Crippen LogP contribution in [0.5, 0.6) is 0 Å². The maximum absolute atomic E-state index is 15.5. The highest BCUT2D eigenvalue weighted by molar-refractivity contribution is 5.88. The molecule has 0 aromatic heterocycles. The molecule has 4 rings (SSSR count). The summed E-state index contributed by atoms with van der Waals surface area (Å²) in [5.41, 5.74) is 8.54. The molecule has 2 atom stereocenters. The Balaban J connectivity index is 1.86. The van der Waals surface area contributed by atoms with Crippen molar-refractivity contribution >= 4 is 23.9 Å². The van der Waals surface area contributed by atoms with Gasteiger partial charge in [-0.05, 0) is 85.4 Å². The van der Waals surface area contributed by atoms with E-state index in [4.69, 9.17) is 16.2 Å². The van der Waals surface area contributed by atoms with Crippen molar-refractivity contribution in [3.8, 4) is 11.1 Å². The number of carboxylic acids is 1. The molecule has 0 bridgehead atoms. The quantitative estimate of drug-likeness (QED) is 0.191. The number of nitrogens with two attached hydrogens (primary N) is 1. The van der Waals surface area contributed by atoms with Crippen LogP contribution in [0.3, 0.4) is 0 Å². The van der Waals surface area contributed by atoms with Crippen molar-refractivity contribution in [2.45, 2.75) is 44.9 Å². The molecule has 0 aliphatic carbocycles. The number of anilines is 1. The summed E-state index contributed by atoms with van der Waals surface area (Å²) >= 11 is 0. The zero-order valence-corrected chi connectivity index (χ0v) is 21.4. The van der Waals surface area contributed by atoms with Crippen LogP contribution in [-0.4, -0.2) is 40.4 Å². The van der Waals surface area contributed by atoms with Gasteiger partial charge in [-0.2, -0.15) is 0 Å². The molecular weight excluding hydrogens is 491 g/mol. The molecule has 3 aromatic rings. The summed E-state index contributed by atoms with van der Waals surface area (Å²) in [5.74, 6) is -2.90. The fourth-order valence-electron chi connectivity index (χ4n) is 5.11. The number of fused-ring (bicyclic) bond motifs is 1. The average molecular weight is 522 g/mol. The van der Waals surface area contributed by atoms with E-state index in [1.165, 1.54) is 20.1 Å². The molecule has 198 valence electrons. The Morgan fingerprint density at radius 1 is 1.13 bits per heavy atom. The highest BCUT2D eigenvalue weighted by Gasteiger charge is 2.39. The second kappa shape index (κ2) is 10.5. The summed E-state index contributed by atoms with van der Waals surface area (Å²) in [6.07, 6.45) is 3.67. The average Bonchev–Trinajstić information content (AvgIpc) is 2.83. The van der Waals surface area contributed by atoms with Crippen molar-refractivity contribution in [2.24, 2.45) is 0 Å². The minimum Gasteiger partial charge on any atom is -0.478 e. The van der Waals surface area contributed by atoms with Crippen LogP contribution in [-0.2, 0) is 11.2 Å². The summed E-state index contributed by atoms with van der Waals surface area (Å²) in [7, 11) is 0. The number of hydrogen-bond acceptors (Lipinski definition) is 4. The predicted molar refractivity (Wildman–Crippen MR) is 144 cm³/mol. The van der Waals surface area contributed by atoms with Gasteiger partial charge in [0.2, 0.25) is 0 Å². The van der Waals surface area contributed by atoms with Gasteiger partial charge >= 0.3 is 5.97 Å². The van der Waals surface area contributed by atoms with E-state index < -0.39 is 29.3 Å². The van der Waals surface area contributed by atoms with Crippen molar-refractivity contribution in [3.63, 3.8) is 0 Å². The molecule has 4 N–H and O–H groups in total. The largest absolute Gasteiger partial charge is 0.478 e. The van der Waals surface area contributed by atoms with Gasteiger partial charge in [0, 0.05) is 41.7 Å². The van der Waals surface area contributed by atoms with Crippen molar-refractivity contribution < 1.29 is 23.1 Å². The van der Waals surface area contributed by atoms with Crippen LogP contribution >= 0.6 is 0 Å². The number of hydrogen-bond donors (Lipinski definition) is 3. The van der Waals surface area contributed by atoms with Gasteiger partial charge in [0.1, 0.15) is 17.3 Å². The van der Waals surface area contributed by atoms with Crippen LogP contribution < -0.4 is 5.73 Å². The predicted octanol–water partition coefficient (Wildman–Crippen LogP) is 6.39. The van der Waals surface area contributed by atoms with Gasteiger partial charge in [0.15, 0.2) is 0 Å². The van der Waals surface area contributed by atoms with Gasteiger partial charge in [0.05, 0.1) is 6.04 Å². The number of benzene rings is 3. The number of rotatable bonds is 7. The van der Waals surface area contributed by atoms with Gasteiger partial charge in [0.25, 0.3) is 0 Å². The van der Waals surface area contributed by atoms with E-state index in [2.05, 4.69) is 0 Å². The maximum atomic E-state index is 15.5. The zero-order valence-electron chi connectivity index (χ0n) is 21.4. The number of carboxylic acid groups (broad SMARTS) is 1. The minimum absolute atomic E-state index is 0.0414. The molecular formula is C30H30F3N3O2. The molecule has 1 aliphatic rings. The Morgan fingerprint density at radius 3 is 2.37 bits per heavy atom. The molecule has 3 aromatic carbocycles. The van der Waals surface area contributed by atoms with E-state index in [1.807, 2.05) is 37.3 Å². The molecule has 0 amide bonds. The Labute approximate surface area is 219 Å². The molecule has 5 nitrogen and oxygen atoms in total. The fourth-order valence-corrected chi connectivity index (χ4v) is 5.11. The second-order valence-corrected chi connectivity index (χ2v) is 10.3. The summed E-state index contributed by atoms with van der Waals surface area (Å²) < 4.78 is 46.0. The number of aliphatic carboxylic acids is 1. The van der Waals surface area contributed by atoms with Crippen LogP contribution in [0.4, 0.5) is 18.9 Å². The van der Waals surface area contributed by atoms with Crippen LogP contribution in [0.25, 0.3) is 17.2 Å². The van der Waals surface area contributed by atoms with Crippen LogP contribution in [0, 0.1) is 17.0 Å². The van der Waals surface area contributed by atoms with Crippen LogP contribution in [0.1, 0.15) is 54.6 Å².